The lowest BCUT2D eigenvalue weighted by atomic mass is 10.2. The van der Waals surface area contributed by atoms with Crippen LogP contribution in [-0.2, 0) is 11.8 Å². The molecule has 5 heterocycles. The molecule has 4 aromatic heterocycles. The molecule has 1 fully saturated rings. The lowest BCUT2D eigenvalue weighted by Gasteiger charge is -2.26. The second kappa shape index (κ2) is 8.39. The van der Waals surface area contributed by atoms with Crippen molar-refractivity contribution in [2.45, 2.75) is 0 Å². The summed E-state index contributed by atoms with van der Waals surface area (Å²) in [5, 5.41) is 11.1. The van der Waals surface area contributed by atoms with Gasteiger partial charge >= 0.3 is 0 Å². The summed E-state index contributed by atoms with van der Waals surface area (Å²) < 4.78 is 22.1. The van der Waals surface area contributed by atoms with Crippen LogP contribution in [0.3, 0.4) is 0 Å². The maximum Gasteiger partial charge on any atom is 0.274 e. The van der Waals surface area contributed by atoms with Gasteiger partial charge in [0.1, 0.15) is 5.69 Å². The number of hydrogen-bond acceptors (Lipinski definition) is 7. The van der Waals surface area contributed by atoms with Gasteiger partial charge in [0, 0.05) is 44.3 Å². The Balaban J connectivity index is 1.40. The fraction of sp³-hybridized carbons (Fsp3) is 0.238. The summed E-state index contributed by atoms with van der Waals surface area (Å²) >= 11 is 0. The van der Waals surface area contributed by atoms with Crippen molar-refractivity contribution in [1.29, 1.82) is 0 Å². The molecule has 0 spiro atoms. The lowest BCUT2D eigenvalue weighted by Crippen LogP contribution is -2.41. The highest BCUT2D eigenvalue weighted by Crippen LogP contribution is 2.20. The Hall–Kier alpha value is -4.19. The molecule has 5 rings (SSSR count). The van der Waals surface area contributed by atoms with Crippen molar-refractivity contribution in [3.8, 4) is 11.4 Å². The van der Waals surface area contributed by atoms with E-state index < -0.39 is 11.9 Å². The number of rotatable bonds is 4. The number of fused-ring (bicyclic) bond motifs is 1. The highest BCUT2D eigenvalue weighted by atomic mass is 19.1. The number of carbonyl (C=O) groups is 2. The number of nitrogens with zero attached hydrogens (tertiary/aromatic N) is 7. The maximum absolute atomic E-state index is 14.0. The topological polar surface area (TPSA) is 120 Å². The van der Waals surface area contributed by atoms with E-state index in [0.717, 1.165) is 0 Å². The first-order chi connectivity index (χ1) is 16.0. The molecule has 0 bridgehead atoms. The van der Waals surface area contributed by atoms with Crippen molar-refractivity contribution in [3.05, 3.63) is 60.1 Å². The minimum absolute atomic E-state index is 0.144. The molecule has 2 amide bonds. The van der Waals surface area contributed by atoms with Crippen LogP contribution in [0.15, 0.2) is 42.9 Å². The number of hydrogen-bond donors (Lipinski definition) is 1. The normalized spacial score (nSPS) is 13.9. The minimum atomic E-state index is -0.671. The summed E-state index contributed by atoms with van der Waals surface area (Å²) in [5.41, 5.74) is 1.37. The number of anilines is 1. The first-order valence-corrected chi connectivity index (χ1v) is 10.2. The molecule has 33 heavy (non-hydrogen) atoms. The third-order valence-electron chi connectivity index (χ3n) is 5.28. The summed E-state index contributed by atoms with van der Waals surface area (Å²) in [6.45, 7) is 1.82. The highest BCUT2D eigenvalue weighted by Gasteiger charge is 2.27. The van der Waals surface area contributed by atoms with Crippen LogP contribution in [0.25, 0.3) is 17.0 Å². The van der Waals surface area contributed by atoms with E-state index in [2.05, 4.69) is 25.5 Å². The van der Waals surface area contributed by atoms with Crippen LogP contribution in [0.4, 0.5) is 10.1 Å². The van der Waals surface area contributed by atoms with E-state index in [1.165, 1.54) is 27.7 Å². The van der Waals surface area contributed by atoms with Crippen molar-refractivity contribution in [3.63, 3.8) is 0 Å². The van der Waals surface area contributed by atoms with Gasteiger partial charge in [0.05, 0.1) is 30.5 Å². The Morgan fingerprint density at radius 1 is 1.21 bits per heavy atom. The number of halogens is 1. The molecule has 0 radical (unpaired) electrons. The third kappa shape index (κ3) is 3.91. The van der Waals surface area contributed by atoms with Gasteiger partial charge in [-0.15, -0.1) is 5.10 Å². The summed E-state index contributed by atoms with van der Waals surface area (Å²) in [4.78, 5) is 35.5. The largest absolute Gasteiger partial charge is 0.378 e. The van der Waals surface area contributed by atoms with Crippen LogP contribution in [0.2, 0.25) is 0 Å². The first-order valence-electron chi connectivity index (χ1n) is 10.2. The molecule has 0 unspecified atom stereocenters. The molecule has 11 nitrogen and oxygen atoms in total. The molecule has 1 aliphatic heterocycles. The third-order valence-corrected chi connectivity index (χ3v) is 5.28. The van der Waals surface area contributed by atoms with Crippen LogP contribution in [0, 0.1) is 5.95 Å². The molecule has 168 valence electrons. The molecule has 1 N–H and O–H groups in total. The average molecular weight is 450 g/mol. The molecule has 1 aliphatic rings. The van der Waals surface area contributed by atoms with Crippen molar-refractivity contribution in [2.75, 3.05) is 31.6 Å². The number of nitrogens with one attached hydrogen (secondary N) is 1. The maximum atomic E-state index is 14.0. The van der Waals surface area contributed by atoms with Crippen LogP contribution in [0.5, 0.6) is 0 Å². The van der Waals surface area contributed by atoms with Crippen LogP contribution in [0.1, 0.15) is 20.8 Å². The van der Waals surface area contributed by atoms with E-state index in [0.29, 0.717) is 37.6 Å². The highest BCUT2D eigenvalue weighted by molar-refractivity contribution is 6.11. The molecule has 0 aromatic carbocycles. The lowest BCUT2D eigenvalue weighted by molar-refractivity contribution is 0.0302. The molecule has 0 atom stereocenters. The number of pyridine rings is 2. The first kappa shape index (κ1) is 20.7. The Kier molecular flexibility index (Phi) is 5.26. The number of aromatic nitrogens is 6. The van der Waals surface area contributed by atoms with Crippen molar-refractivity contribution < 1.29 is 18.7 Å². The zero-order valence-corrected chi connectivity index (χ0v) is 17.6. The van der Waals surface area contributed by atoms with E-state index in [-0.39, 0.29) is 28.6 Å². The predicted octanol–water partition coefficient (Wildman–Crippen LogP) is 1.39. The number of ether oxygens (including phenoxy) is 1. The van der Waals surface area contributed by atoms with Crippen molar-refractivity contribution in [1.82, 2.24) is 34.3 Å². The summed E-state index contributed by atoms with van der Waals surface area (Å²) in [6, 6.07) is 6.36. The Morgan fingerprint density at radius 2 is 2.03 bits per heavy atom. The standard InChI is InChI=1S/C21H19FN8O3/c1-28-17(15(12-24-28)21(32)29-7-9-33-10-8-29)20(31)25-13-4-6-30-16(11-13)26-19(27-30)14-3-2-5-23-18(14)22/h2-6,11-12H,7-10H2,1H3,(H,25,31). The molecule has 0 saturated carbocycles. The number of aryl methyl sites for hydroxylation is 1. The zero-order chi connectivity index (χ0) is 22.9. The van der Waals surface area contributed by atoms with Gasteiger partial charge in [0.15, 0.2) is 11.5 Å². The average Bonchev–Trinajstić information content (AvgIpc) is 3.42. The second-order valence-corrected chi connectivity index (χ2v) is 7.38. The summed E-state index contributed by atoms with van der Waals surface area (Å²) in [7, 11) is 1.60. The molecule has 4 aromatic rings. The zero-order valence-electron chi connectivity index (χ0n) is 17.6. The molecular weight excluding hydrogens is 431 g/mol. The van der Waals surface area contributed by atoms with E-state index in [9.17, 15) is 14.0 Å². The Bertz CT molecular complexity index is 1360. The number of amides is 2. The van der Waals surface area contributed by atoms with Gasteiger partial charge in [0.25, 0.3) is 11.8 Å². The van der Waals surface area contributed by atoms with Gasteiger partial charge in [-0.3, -0.25) is 14.3 Å². The Morgan fingerprint density at radius 3 is 2.82 bits per heavy atom. The van der Waals surface area contributed by atoms with Crippen LogP contribution in [-0.4, -0.2) is 72.4 Å². The Labute approximate surface area is 186 Å². The number of carbonyl (C=O) groups excluding carboxylic acids is 2. The summed E-state index contributed by atoms with van der Waals surface area (Å²) in [5.74, 6) is -1.26. The predicted molar refractivity (Wildman–Crippen MR) is 114 cm³/mol. The van der Waals surface area contributed by atoms with Gasteiger partial charge < -0.3 is 15.0 Å². The van der Waals surface area contributed by atoms with E-state index >= 15 is 0 Å². The van der Waals surface area contributed by atoms with Gasteiger partial charge in [-0.05, 0) is 18.2 Å². The number of morpholine rings is 1. The monoisotopic (exact) mass is 450 g/mol. The minimum Gasteiger partial charge on any atom is -0.378 e. The smallest absolute Gasteiger partial charge is 0.274 e. The van der Waals surface area contributed by atoms with Gasteiger partial charge in [0.2, 0.25) is 5.95 Å². The van der Waals surface area contributed by atoms with E-state index in [1.807, 2.05) is 0 Å². The van der Waals surface area contributed by atoms with Gasteiger partial charge in [-0.1, -0.05) is 0 Å². The fourth-order valence-corrected chi connectivity index (χ4v) is 3.62. The molecule has 0 aliphatic carbocycles. The van der Waals surface area contributed by atoms with Gasteiger partial charge in [-0.2, -0.15) is 9.49 Å². The fourth-order valence-electron chi connectivity index (χ4n) is 3.62. The van der Waals surface area contributed by atoms with Crippen LogP contribution < -0.4 is 5.32 Å². The molecule has 12 heteroatoms. The van der Waals surface area contributed by atoms with E-state index in [1.54, 1.807) is 36.3 Å². The summed E-state index contributed by atoms with van der Waals surface area (Å²) in [6.07, 6.45) is 4.33. The second-order valence-electron chi connectivity index (χ2n) is 7.38. The van der Waals surface area contributed by atoms with Crippen molar-refractivity contribution in [2.24, 2.45) is 7.05 Å². The van der Waals surface area contributed by atoms with Crippen LogP contribution >= 0.6 is 0 Å². The SMILES string of the molecule is Cn1ncc(C(=O)N2CCOCC2)c1C(=O)Nc1ccn2nc(-c3cccnc3F)nc2c1. The van der Waals surface area contributed by atoms with Crippen molar-refractivity contribution >= 4 is 23.1 Å². The molecular formula is C21H19FN8O3. The quantitative estimate of drug-likeness (QED) is 0.467. The molecule has 1 saturated heterocycles. The van der Waals surface area contributed by atoms with Gasteiger partial charge in [-0.25, -0.2) is 14.5 Å². The van der Waals surface area contributed by atoms with E-state index in [4.69, 9.17) is 4.74 Å².